The molecule has 1 fully saturated rings. The number of nitrogen functional groups attached to an aromatic ring is 1. The number of thiazole rings is 1. The van der Waals surface area contributed by atoms with E-state index in [4.69, 9.17) is 10.5 Å². The number of nitrogens with two attached hydrogens (primary N) is 1. The lowest BCUT2D eigenvalue weighted by Gasteiger charge is -2.29. The Bertz CT molecular complexity index is 1400. The zero-order valence-corrected chi connectivity index (χ0v) is 25.0. The summed E-state index contributed by atoms with van der Waals surface area (Å²) in [7, 11) is 4.36. The van der Waals surface area contributed by atoms with E-state index in [0.29, 0.717) is 29.5 Å². The quantitative estimate of drug-likeness (QED) is 0.377. The van der Waals surface area contributed by atoms with Gasteiger partial charge in [-0.1, -0.05) is 24.8 Å². The van der Waals surface area contributed by atoms with E-state index < -0.39 is 29.0 Å². The molecule has 1 aliphatic rings. The summed E-state index contributed by atoms with van der Waals surface area (Å²) in [5, 5.41) is 1.86. The van der Waals surface area contributed by atoms with Crippen LogP contribution in [0.2, 0.25) is 0 Å². The molecule has 0 bridgehead atoms. The van der Waals surface area contributed by atoms with Gasteiger partial charge in [-0.05, 0) is 35.6 Å². The average molecular weight is 618 g/mol. The smallest absolute Gasteiger partial charge is 0.500 e. The van der Waals surface area contributed by atoms with Gasteiger partial charge in [-0.3, -0.25) is 9.00 Å². The summed E-state index contributed by atoms with van der Waals surface area (Å²) in [5.41, 5.74) is 6.07. The van der Waals surface area contributed by atoms with Crippen LogP contribution < -0.4 is 15.4 Å². The standard InChI is InChI=1S/C20H22F3N3O3.C6H10N2OS2.H2O/c1-11-5-7-26(19(11)27)16(12(2)28-3)9-14-8-13-4-6-25-18(24)15(13)10-17(14)29-20(21,22)23;1-8(2)6-7-4-5(10-6)11(3)9;/h4,6,8,10-11,16H,2,5,7,9H2,1,3H3,(H2,24,25);4H,1-3H3;1H2/t11-,16+;;/m0../s1. The monoisotopic (exact) mass is 617 g/mol. The Morgan fingerprint density at radius 2 is 2.02 bits per heavy atom. The number of amides is 1. The van der Waals surface area contributed by atoms with Crippen LogP contribution in [0.3, 0.4) is 0 Å². The fourth-order valence-electron chi connectivity index (χ4n) is 4.14. The molecular formula is C26H34F3N5O5S2. The van der Waals surface area contributed by atoms with Crippen LogP contribution in [0.4, 0.5) is 24.1 Å². The lowest BCUT2D eigenvalue weighted by molar-refractivity contribution is -0.274. The van der Waals surface area contributed by atoms with Gasteiger partial charge in [0.15, 0.2) is 5.13 Å². The Hall–Kier alpha value is -3.43. The minimum atomic E-state index is -4.88. The molecular weight excluding hydrogens is 583 g/mol. The number of hydrogen-bond acceptors (Lipinski definition) is 9. The van der Waals surface area contributed by atoms with Gasteiger partial charge < -0.3 is 30.5 Å². The highest BCUT2D eigenvalue weighted by molar-refractivity contribution is 7.86. The summed E-state index contributed by atoms with van der Waals surface area (Å²) in [6, 6.07) is 3.82. The van der Waals surface area contributed by atoms with Crippen molar-refractivity contribution in [3.05, 3.63) is 48.5 Å². The molecule has 41 heavy (non-hydrogen) atoms. The number of anilines is 2. The van der Waals surface area contributed by atoms with E-state index in [1.165, 1.54) is 30.7 Å². The number of alkyl halides is 3. The second-order valence-electron chi connectivity index (χ2n) is 9.35. The molecule has 1 saturated heterocycles. The molecule has 4 rings (SSSR count). The third-order valence-corrected chi connectivity index (χ3v) is 8.86. The number of likely N-dealkylation sites (tertiary alicyclic amines) is 1. The van der Waals surface area contributed by atoms with E-state index >= 15 is 0 Å². The summed E-state index contributed by atoms with van der Waals surface area (Å²) >= 11 is 1.46. The van der Waals surface area contributed by atoms with Crippen molar-refractivity contribution in [3.8, 4) is 5.75 Å². The fraction of sp³-hybridized carbons (Fsp3) is 0.423. The van der Waals surface area contributed by atoms with Crippen LogP contribution in [0.15, 0.2) is 47.1 Å². The zero-order valence-electron chi connectivity index (χ0n) is 23.3. The van der Waals surface area contributed by atoms with E-state index in [-0.39, 0.29) is 35.1 Å². The van der Waals surface area contributed by atoms with Crippen LogP contribution in [0.25, 0.3) is 10.8 Å². The van der Waals surface area contributed by atoms with Gasteiger partial charge in [0.05, 0.1) is 30.1 Å². The van der Waals surface area contributed by atoms with Crippen LogP contribution in [0, 0.1) is 5.92 Å². The second kappa shape index (κ2) is 14.0. The summed E-state index contributed by atoms with van der Waals surface area (Å²) in [6.07, 6.45) is 0.629. The average Bonchev–Trinajstić information content (AvgIpc) is 3.50. The number of benzene rings is 1. The second-order valence-corrected chi connectivity index (χ2v) is 12.0. The number of methoxy groups -OCH3 is 1. The van der Waals surface area contributed by atoms with Gasteiger partial charge in [-0.15, -0.1) is 13.2 Å². The van der Waals surface area contributed by atoms with Crippen molar-refractivity contribution in [1.29, 1.82) is 0 Å². The molecule has 0 spiro atoms. The van der Waals surface area contributed by atoms with E-state index in [2.05, 4.69) is 21.3 Å². The number of nitrogens with zero attached hydrogens (tertiary/aromatic N) is 4. The van der Waals surface area contributed by atoms with Crippen LogP contribution in [0.5, 0.6) is 5.75 Å². The van der Waals surface area contributed by atoms with Gasteiger partial charge in [0, 0.05) is 50.8 Å². The highest BCUT2D eigenvalue weighted by atomic mass is 32.2. The van der Waals surface area contributed by atoms with Crippen molar-refractivity contribution in [2.75, 3.05) is 44.6 Å². The SMILES string of the molecule is C=C(OC)[C@@H](Cc1cc2ccnc(N)c2cc1OC(F)(F)F)N1CC[C@H](C)C1=O.CN(C)c1ncc(S(C)=O)s1.O. The molecule has 0 saturated carbocycles. The number of carbonyl (C=O) groups is 1. The fourth-order valence-corrected chi connectivity index (χ4v) is 5.61. The highest BCUT2D eigenvalue weighted by Gasteiger charge is 2.37. The van der Waals surface area contributed by atoms with Gasteiger partial charge in [0.2, 0.25) is 5.91 Å². The lowest BCUT2D eigenvalue weighted by Crippen LogP contribution is -2.40. The predicted molar refractivity (Wildman–Crippen MR) is 154 cm³/mol. The molecule has 3 heterocycles. The minimum absolute atomic E-state index is 0. The minimum Gasteiger partial charge on any atom is -0.500 e. The molecule has 1 unspecified atom stereocenters. The van der Waals surface area contributed by atoms with Crippen molar-refractivity contribution < 1.29 is 37.1 Å². The summed E-state index contributed by atoms with van der Waals surface area (Å²) < 4.78 is 60.3. The molecule has 1 amide bonds. The molecule has 10 nitrogen and oxygen atoms in total. The Morgan fingerprint density at radius 3 is 2.51 bits per heavy atom. The number of halogens is 3. The predicted octanol–water partition coefficient (Wildman–Crippen LogP) is 3.78. The van der Waals surface area contributed by atoms with Gasteiger partial charge >= 0.3 is 6.36 Å². The largest absolute Gasteiger partial charge is 0.573 e. The summed E-state index contributed by atoms with van der Waals surface area (Å²) in [5.74, 6) is -0.239. The first-order valence-corrected chi connectivity index (χ1v) is 14.5. The Kier molecular flexibility index (Phi) is 11.5. The van der Waals surface area contributed by atoms with Gasteiger partial charge in [-0.25, -0.2) is 9.97 Å². The highest BCUT2D eigenvalue weighted by Crippen LogP contribution is 2.35. The summed E-state index contributed by atoms with van der Waals surface area (Å²) in [6.45, 7) is 6.14. The molecule has 226 valence electrons. The van der Waals surface area contributed by atoms with Crippen LogP contribution in [-0.2, 0) is 26.8 Å². The topological polar surface area (TPSA) is 142 Å². The van der Waals surface area contributed by atoms with Crippen LogP contribution >= 0.6 is 11.3 Å². The zero-order chi connectivity index (χ0) is 29.8. The molecule has 0 aliphatic carbocycles. The van der Waals surface area contributed by atoms with Crippen molar-refractivity contribution in [3.63, 3.8) is 0 Å². The lowest BCUT2D eigenvalue weighted by atomic mass is 9.99. The van der Waals surface area contributed by atoms with E-state index in [1.54, 1.807) is 29.5 Å². The molecule has 0 radical (unpaired) electrons. The van der Waals surface area contributed by atoms with Gasteiger partial charge in [-0.2, -0.15) is 0 Å². The first-order valence-electron chi connectivity index (χ1n) is 12.1. The first-order chi connectivity index (χ1) is 18.7. The third kappa shape index (κ3) is 8.53. The maximum absolute atomic E-state index is 13.0. The number of fused-ring (bicyclic) bond motifs is 1. The van der Waals surface area contributed by atoms with Crippen molar-refractivity contribution >= 4 is 49.8 Å². The van der Waals surface area contributed by atoms with Gasteiger partial charge in [0.1, 0.15) is 21.5 Å². The Morgan fingerprint density at radius 1 is 1.34 bits per heavy atom. The van der Waals surface area contributed by atoms with Crippen molar-refractivity contribution in [2.24, 2.45) is 5.92 Å². The molecule has 3 atom stereocenters. The maximum Gasteiger partial charge on any atom is 0.573 e. The molecule has 15 heteroatoms. The molecule has 2 aromatic heterocycles. The number of aromatic nitrogens is 2. The van der Waals surface area contributed by atoms with Crippen LogP contribution in [-0.4, -0.2) is 76.9 Å². The van der Waals surface area contributed by atoms with E-state index in [1.807, 2.05) is 25.9 Å². The Balaban J connectivity index is 0.000000413. The van der Waals surface area contributed by atoms with Crippen molar-refractivity contribution in [2.45, 2.75) is 36.4 Å². The molecule has 4 N–H and O–H groups in total. The first kappa shape index (κ1) is 33.8. The Labute approximate surface area is 242 Å². The molecule has 3 aromatic rings. The number of carbonyl (C=O) groups excluding carboxylic acids is 1. The van der Waals surface area contributed by atoms with E-state index in [0.717, 1.165) is 9.34 Å². The number of hydrogen-bond donors (Lipinski definition) is 1. The third-order valence-electron chi connectivity index (χ3n) is 6.27. The normalized spacial score (nSPS) is 16.3. The van der Waals surface area contributed by atoms with Crippen LogP contribution in [0.1, 0.15) is 18.9 Å². The number of ether oxygens (including phenoxy) is 2. The maximum atomic E-state index is 13.0. The molecule has 1 aliphatic heterocycles. The van der Waals surface area contributed by atoms with E-state index in [9.17, 15) is 22.2 Å². The number of rotatable bonds is 8. The van der Waals surface area contributed by atoms with Gasteiger partial charge in [0.25, 0.3) is 0 Å². The number of pyridine rings is 1. The van der Waals surface area contributed by atoms with Crippen molar-refractivity contribution in [1.82, 2.24) is 14.9 Å². The summed E-state index contributed by atoms with van der Waals surface area (Å²) in [4.78, 5) is 24.0. The molecule has 1 aromatic carbocycles.